The minimum Gasteiger partial charge on any atom is -0.385 e. The molecule has 0 fully saturated rings. The second-order valence-electron chi connectivity index (χ2n) is 5.36. The van der Waals surface area contributed by atoms with Gasteiger partial charge in [-0.3, -0.25) is 4.68 Å². The molecule has 0 spiro atoms. The zero-order valence-electron chi connectivity index (χ0n) is 11.8. The van der Waals surface area contributed by atoms with E-state index < -0.39 is 0 Å². The SMILES string of the molecule is CCCn1ncc(Br)c1Cc1ccc2c(c1)CCCN2. The van der Waals surface area contributed by atoms with Gasteiger partial charge >= 0.3 is 0 Å². The summed E-state index contributed by atoms with van der Waals surface area (Å²) in [6.45, 7) is 4.26. The fraction of sp³-hybridized carbons (Fsp3) is 0.438. The summed E-state index contributed by atoms with van der Waals surface area (Å²) in [7, 11) is 0. The first-order chi connectivity index (χ1) is 9.78. The molecule has 0 saturated carbocycles. The van der Waals surface area contributed by atoms with Crippen molar-refractivity contribution in [2.24, 2.45) is 0 Å². The van der Waals surface area contributed by atoms with E-state index >= 15 is 0 Å². The van der Waals surface area contributed by atoms with Crippen LogP contribution in [0.2, 0.25) is 0 Å². The summed E-state index contributed by atoms with van der Waals surface area (Å²) in [4.78, 5) is 0. The zero-order chi connectivity index (χ0) is 13.9. The molecule has 1 aromatic heterocycles. The normalized spacial score (nSPS) is 13.9. The van der Waals surface area contributed by atoms with Gasteiger partial charge < -0.3 is 5.32 Å². The van der Waals surface area contributed by atoms with Crippen molar-refractivity contribution in [3.63, 3.8) is 0 Å². The third-order valence-corrected chi connectivity index (χ3v) is 4.48. The molecule has 1 aliphatic heterocycles. The highest BCUT2D eigenvalue weighted by atomic mass is 79.9. The molecule has 0 unspecified atom stereocenters. The predicted octanol–water partition coefficient (Wildman–Crippen LogP) is 4.00. The summed E-state index contributed by atoms with van der Waals surface area (Å²) >= 11 is 3.62. The summed E-state index contributed by atoms with van der Waals surface area (Å²) < 4.78 is 3.23. The zero-order valence-corrected chi connectivity index (χ0v) is 13.4. The minimum absolute atomic E-state index is 0.938. The standard InChI is InChI=1S/C16H20BrN3/c1-2-8-20-16(14(17)11-19-20)10-12-5-6-15-13(9-12)4-3-7-18-15/h5-6,9,11,18H,2-4,7-8,10H2,1H3. The largest absolute Gasteiger partial charge is 0.385 e. The lowest BCUT2D eigenvalue weighted by molar-refractivity contribution is 0.579. The second kappa shape index (κ2) is 6.00. The van der Waals surface area contributed by atoms with Crippen LogP contribution in [0, 0.1) is 0 Å². The molecule has 2 heterocycles. The van der Waals surface area contributed by atoms with Crippen molar-refractivity contribution in [1.29, 1.82) is 0 Å². The number of hydrogen-bond acceptors (Lipinski definition) is 2. The van der Waals surface area contributed by atoms with E-state index in [1.807, 2.05) is 6.20 Å². The quantitative estimate of drug-likeness (QED) is 0.916. The number of aromatic nitrogens is 2. The molecule has 0 amide bonds. The number of hydrogen-bond donors (Lipinski definition) is 1. The van der Waals surface area contributed by atoms with E-state index in [-0.39, 0.29) is 0 Å². The first-order valence-corrected chi connectivity index (χ1v) is 8.13. The molecule has 0 aliphatic carbocycles. The van der Waals surface area contributed by atoms with Gasteiger partial charge in [0, 0.05) is 25.2 Å². The smallest absolute Gasteiger partial charge is 0.0635 e. The highest BCUT2D eigenvalue weighted by molar-refractivity contribution is 9.10. The lowest BCUT2D eigenvalue weighted by Crippen LogP contribution is -2.12. The lowest BCUT2D eigenvalue weighted by atomic mass is 9.99. The summed E-state index contributed by atoms with van der Waals surface area (Å²) in [6, 6.07) is 6.79. The predicted molar refractivity (Wildman–Crippen MR) is 86.3 cm³/mol. The van der Waals surface area contributed by atoms with Crippen LogP contribution < -0.4 is 5.32 Å². The van der Waals surface area contributed by atoms with Crippen molar-refractivity contribution in [2.45, 2.75) is 39.2 Å². The number of halogens is 1. The van der Waals surface area contributed by atoms with Crippen molar-refractivity contribution in [1.82, 2.24) is 9.78 Å². The molecule has 1 aliphatic rings. The van der Waals surface area contributed by atoms with Gasteiger partial charge in [0.25, 0.3) is 0 Å². The molecule has 0 saturated heterocycles. The van der Waals surface area contributed by atoms with Crippen molar-refractivity contribution in [2.75, 3.05) is 11.9 Å². The van der Waals surface area contributed by atoms with Crippen LogP contribution in [0.4, 0.5) is 5.69 Å². The molecule has 0 bridgehead atoms. The van der Waals surface area contributed by atoms with Gasteiger partial charge in [0.05, 0.1) is 16.4 Å². The van der Waals surface area contributed by atoms with Crippen LogP contribution in [-0.4, -0.2) is 16.3 Å². The molecular weight excluding hydrogens is 314 g/mol. The van der Waals surface area contributed by atoms with Gasteiger partial charge in [0.15, 0.2) is 0 Å². The van der Waals surface area contributed by atoms with Crippen LogP contribution in [0.5, 0.6) is 0 Å². The Balaban J connectivity index is 1.86. The Bertz CT molecular complexity index is 604. The monoisotopic (exact) mass is 333 g/mol. The highest BCUT2D eigenvalue weighted by Crippen LogP contribution is 2.26. The molecular formula is C16H20BrN3. The number of aryl methyl sites for hydroxylation is 2. The molecule has 20 heavy (non-hydrogen) atoms. The molecule has 1 aromatic carbocycles. The van der Waals surface area contributed by atoms with Crippen LogP contribution in [0.25, 0.3) is 0 Å². The maximum atomic E-state index is 4.45. The van der Waals surface area contributed by atoms with Gasteiger partial charge in [-0.15, -0.1) is 0 Å². The summed E-state index contributed by atoms with van der Waals surface area (Å²) in [5.41, 5.74) is 5.40. The lowest BCUT2D eigenvalue weighted by Gasteiger charge is -2.19. The summed E-state index contributed by atoms with van der Waals surface area (Å²) in [5.74, 6) is 0. The molecule has 0 atom stereocenters. The molecule has 0 radical (unpaired) electrons. The molecule has 106 valence electrons. The summed E-state index contributed by atoms with van der Waals surface area (Å²) in [6.07, 6.45) is 6.37. The number of nitrogens with zero attached hydrogens (tertiary/aromatic N) is 2. The number of benzene rings is 1. The van der Waals surface area contributed by atoms with Gasteiger partial charge in [0.2, 0.25) is 0 Å². The number of anilines is 1. The van der Waals surface area contributed by atoms with E-state index in [0.717, 1.165) is 30.4 Å². The fourth-order valence-corrected chi connectivity index (χ4v) is 3.24. The fourth-order valence-electron chi connectivity index (χ4n) is 2.80. The van der Waals surface area contributed by atoms with Crippen LogP contribution in [0.3, 0.4) is 0 Å². The molecule has 2 aromatic rings. The van der Waals surface area contributed by atoms with Crippen LogP contribution in [0.15, 0.2) is 28.9 Å². The third kappa shape index (κ3) is 2.75. The van der Waals surface area contributed by atoms with Gasteiger partial charge in [-0.25, -0.2) is 0 Å². The van der Waals surface area contributed by atoms with Crippen molar-refractivity contribution < 1.29 is 0 Å². The Labute approximate surface area is 128 Å². The van der Waals surface area contributed by atoms with Crippen LogP contribution in [0.1, 0.15) is 36.6 Å². The Morgan fingerprint density at radius 2 is 2.30 bits per heavy atom. The van der Waals surface area contributed by atoms with Crippen LogP contribution in [-0.2, 0) is 19.4 Å². The number of fused-ring (bicyclic) bond motifs is 1. The Morgan fingerprint density at radius 3 is 3.15 bits per heavy atom. The first kappa shape index (κ1) is 13.7. The van der Waals surface area contributed by atoms with Gasteiger partial charge in [-0.2, -0.15) is 5.10 Å². The van der Waals surface area contributed by atoms with Crippen molar-refractivity contribution in [3.8, 4) is 0 Å². The van der Waals surface area contributed by atoms with E-state index in [1.54, 1.807) is 0 Å². The average molecular weight is 334 g/mol. The van der Waals surface area contributed by atoms with E-state index in [4.69, 9.17) is 0 Å². The van der Waals surface area contributed by atoms with Gasteiger partial charge in [-0.1, -0.05) is 19.1 Å². The molecule has 3 nitrogen and oxygen atoms in total. The Hall–Kier alpha value is -1.29. The second-order valence-corrected chi connectivity index (χ2v) is 6.22. The van der Waals surface area contributed by atoms with Gasteiger partial charge in [-0.05, 0) is 52.4 Å². The van der Waals surface area contributed by atoms with Crippen molar-refractivity contribution in [3.05, 3.63) is 45.7 Å². The molecule has 3 rings (SSSR count). The summed E-state index contributed by atoms with van der Waals surface area (Å²) in [5, 5.41) is 7.91. The van der Waals surface area contributed by atoms with Crippen LogP contribution >= 0.6 is 15.9 Å². The topological polar surface area (TPSA) is 29.9 Å². The van der Waals surface area contributed by atoms with E-state index in [1.165, 1.54) is 35.3 Å². The first-order valence-electron chi connectivity index (χ1n) is 7.34. The Kier molecular flexibility index (Phi) is 4.10. The number of rotatable bonds is 4. The average Bonchev–Trinajstić information content (AvgIpc) is 2.81. The third-order valence-electron chi connectivity index (χ3n) is 3.81. The Morgan fingerprint density at radius 1 is 1.40 bits per heavy atom. The van der Waals surface area contributed by atoms with E-state index in [2.05, 4.69) is 56.2 Å². The highest BCUT2D eigenvalue weighted by Gasteiger charge is 2.12. The maximum absolute atomic E-state index is 4.45. The number of nitrogens with one attached hydrogen (secondary N) is 1. The van der Waals surface area contributed by atoms with Crippen molar-refractivity contribution >= 4 is 21.6 Å². The molecule has 1 N–H and O–H groups in total. The van der Waals surface area contributed by atoms with Gasteiger partial charge in [0.1, 0.15) is 0 Å². The van der Waals surface area contributed by atoms with E-state index in [9.17, 15) is 0 Å². The van der Waals surface area contributed by atoms with E-state index in [0.29, 0.717) is 0 Å². The minimum atomic E-state index is 0.938. The molecule has 4 heteroatoms. The maximum Gasteiger partial charge on any atom is 0.0635 e.